The van der Waals surface area contributed by atoms with Crippen molar-refractivity contribution in [3.63, 3.8) is 0 Å². The van der Waals surface area contributed by atoms with Crippen LogP contribution in [-0.2, 0) is 13.0 Å². The first-order chi connectivity index (χ1) is 9.40. The lowest BCUT2D eigenvalue weighted by atomic mass is 10.3. The molecular formula is C11H13F3N4OS. The van der Waals surface area contributed by atoms with Gasteiger partial charge in [-0.3, -0.25) is 0 Å². The zero-order chi connectivity index (χ0) is 14.8. The fourth-order valence-electron chi connectivity index (χ4n) is 1.66. The van der Waals surface area contributed by atoms with E-state index in [1.165, 1.54) is 6.39 Å². The molecule has 0 fully saturated rings. The molecule has 0 bridgehead atoms. The highest BCUT2D eigenvalue weighted by Crippen LogP contribution is 2.24. The molecule has 110 valence electrons. The Morgan fingerprint density at radius 2 is 2.15 bits per heavy atom. The standard InChI is InChI=1S/C11H13F3N4OS/c1-7-9(15-6-19-7)10-16-8(3-4-20-2)17-18(10)5-11(12,13)14/h6H,3-5H2,1-2H3. The highest BCUT2D eigenvalue weighted by Gasteiger charge is 2.31. The van der Waals surface area contributed by atoms with Gasteiger partial charge in [-0.1, -0.05) is 0 Å². The summed E-state index contributed by atoms with van der Waals surface area (Å²) in [6.07, 6.45) is -0.763. The highest BCUT2D eigenvalue weighted by molar-refractivity contribution is 7.98. The molecule has 0 aromatic carbocycles. The molecule has 0 N–H and O–H groups in total. The maximum atomic E-state index is 12.6. The molecule has 5 nitrogen and oxygen atoms in total. The molecule has 0 radical (unpaired) electrons. The molecular weight excluding hydrogens is 293 g/mol. The Labute approximate surface area is 117 Å². The first kappa shape index (κ1) is 14.9. The van der Waals surface area contributed by atoms with Gasteiger partial charge in [-0.05, 0) is 13.2 Å². The van der Waals surface area contributed by atoms with Gasteiger partial charge in [-0.15, -0.1) is 0 Å². The van der Waals surface area contributed by atoms with Gasteiger partial charge in [0.05, 0.1) is 0 Å². The fourth-order valence-corrected chi connectivity index (χ4v) is 2.05. The second kappa shape index (κ2) is 5.86. The van der Waals surface area contributed by atoms with Crippen LogP contribution in [0.3, 0.4) is 0 Å². The van der Waals surface area contributed by atoms with E-state index in [-0.39, 0.29) is 11.5 Å². The van der Waals surface area contributed by atoms with Crippen molar-refractivity contribution < 1.29 is 17.6 Å². The summed E-state index contributed by atoms with van der Waals surface area (Å²) in [7, 11) is 0. The lowest BCUT2D eigenvalue weighted by molar-refractivity contribution is -0.142. The first-order valence-electron chi connectivity index (χ1n) is 5.80. The summed E-state index contributed by atoms with van der Waals surface area (Å²) in [4.78, 5) is 8.06. The number of rotatable bonds is 5. The quantitative estimate of drug-likeness (QED) is 0.850. The number of alkyl halides is 3. The van der Waals surface area contributed by atoms with E-state index in [9.17, 15) is 13.2 Å². The molecule has 2 rings (SSSR count). The number of aromatic nitrogens is 4. The van der Waals surface area contributed by atoms with Crippen molar-refractivity contribution in [2.24, 2.45) is 0 Å². The predicted molar refractivity (Wildman–Crippen MR) is 68.4 cm³/mol. The summed E-state index contributed by atoms with van der Waals surface area (Å²) in [5.74, 6) is 1.62. The van der Waals surface area contributed by atoms with E-state index in [0.29, 0.717) is 18.0 Å². The maximum Gasteiger partial charge on any atom is 0.408 e. The molecule has 2 aromatic heterocycles. The first-order valence-corrected chi connectivity index (χ1v) is 7.20. The van der Waals surface area contributed by atoms with Gasteiger partial charge >= 0.3 is 6.18 Å². The van der Waals surface area contributed by atoms with E-state index >= 15 is 0 Å². The Bertz CT molecular complexity index is 578. The minimum atomic E-state index is -4.36. The van der Waals surface area contributed by atoms with Crippen molar-refractivity contribution in [3.8, 4) is 11.5 Å². The van der Waals surface area contributed by atoms with Gasteiger partial charge in [0.15, 0.2) is 18.0 Å². The highest BCUT2D eigenvalue weighted by atomic mass is 32.2. The molecule has 0 aliphatic heterocycles. The SMILES string of the molecule is CSCCc1nc(-c2ncoc2C)n(CC(F)(F)F)n1. The van der Waals surface area contributed by atoms with E-state index in [0.717, 1.165) is 10.4 Å². The molecule has 0 saturated heterocycles. The molecule has 2 heterocycles. The van der Waals surface area contributed by atoms with Gasteiger partial charge in [0, 0.05) is 12.2 Å². The van der Waals surface area contributed by atoms with Crippen molar-refractivity contribution in [2.45, 2.75) is 26.1 Å². The van der Waals surface area contributed by atoms with Crippen LogP contribution >= 0.6 is 11.8 Å². The minimum Gasteiger partial charge on any atom is -0.448 e. The van der Waals surface area contributed by atoms with Crippen LogP contribution in [0.15, 0.2) is 10.8 Å². The third kappa shape index (κ3) is 3.53. The van der Waals surface area contributed by atoms with Crippen molar-refractivity contribution in [1.82, 2.24) is 19.7 Å². The third-order valence-corrected chi connectivity index (χ3v) is 3.14. The Morgan fingerprint density at radius 3 is 2.70 bits per heavy atom. The zero-order valence-corrected chi connectivity index (χ0v) is 11.8. The molecule has 0 saturated carbocycles. The third-order valence-electron chi connectivity index (χ3n) is 2.53. The van der Waals surface area contributed by atoms with Gasteiger partial charge in [0.25, 0.3) is 0 Å². The largest absolute Gasteiger partial charge is 0.448 e. The Kier molecular flexibility index (Phi) is 4.36. The topological polar surface area (TPSA) is 56.7 Å². The van der Waals surface area contributed by atoms with Crippen LogP contribution in [0.5, 0.6) is 0 Å². The summed E-state index contributed by atoms with van der Waals surface area (Å²) in [6.45, 7) is 0.428. The zero-order valence-electron chi connectivity index (χ0n) is 10.9. The predicted octanol–water partition coefficient (Wildman–Crippen LogP) is 2.71. The summed E-state index contributed by atoms with van der Waals surface area (Å²) in [6, 6.07) is 0. The average molecular weight is 306 g/mol. The molecule has 0 atom stereocenters. The summed E-state index contributed by atoms with van der Waals surface area (Å²) in [5.41, 5.74) is 0.289. The molecule has 0 unspecified atom stereocenters. The molecule has 0 aliphatic rings. The maximum absolute atomic E-state index is 12.6. The minimum absolute atomic E-state index is 0.0877. The van der Waals surface area contributed by atoms with E-state index in [1.807, 2.05) is 6.26 Å². The van der Waals surface area contributed by atoms with E-state index < -0.39 is 12.7 Å². The van der Waals surface area contributed by atoms with Gasteiger partial charge in [-0.25, -0.2) is 14.6 Å². The van der Waals surface area contributed by atoms with Crippen LogP contribution < -0.4 is 0 Å². The number of oxazole rings is 1. The Hall–Kier alpha value is -1.51. The number of aryl methyl sites for hydroxylation is 2. The van der Waals surface area contributed by atoms with Crippen molar-refractivity contribution in [2.75, 3.05) is 12.0 Å². The van der Waals surface area contributed by atoms with Crippen LogP contribution in [0.1, 0.15) is 11.6 Å². The summed E-state index contributed by atoms with van der Waals surface area (Å²) >= 11 is 1.58. The lowest BCUT2D eigenvalue weighted by Gasteiger charge is -2.07. The van der Waals surface area contributed by atoms with Crippen LogP contribution in [0, 0.1) is 6.92 Å². The fraction of sp³-hybridized carbons (Fsp3) is 0.545. The van der Waals surface area contributed by atoms with Crippen molar-refractivity contribution in [1.29, 1.82) is 0 Å². The van der Waals surface area contributed by atoms with Crippen molar-refractivity contribution in [3.05, 3.63) is 18.0 Å². The number of halogens is 3. The van der Waals surface area contributed by atoms with Gasteiger partial charge < -0.3 is 4.42 Å². The van der Waals surface area contributed by atoms with Gasteiger partial charge in [0.2, 0.25) is 0 Å². The molecule has 9 heteroatoms. The second-order valence-corrected chi connectivity index (χ2v) is 5.11. The molecule has 0 aliphatic carbocycles. The Balaban J connectivity index is 2.37. The summed E-state index contributed by atoms with van der Waals surface area (Å²) in [5, 5.41) is 3.92. The van der Waals surface area contributed by atoms with Crippen LogP contribution in [-0.4, -0.2) is 37.9 Å². The van der Waals surface area contributed by atoms with Crippen LogP contribution in [0.2, 0.25) is 0 Å². The smallest absolute Gasteiger partial charge is 0.408 e. The average Bonchev–Trinajstić information content (AvgIpc) is 2.91. The molecule has 0 amide bonds. The van der Waals surface area contributed by atoms with Crippen LogP contribution in [0.4, 0.5) is 13.2 Å². The summed E-state index contributed by atoms with van der Waals surface area (Å²) < 4.78 is 43.6. The monoisotopic (exact) mass is 306 g/mol. The number of nitrogens with zero attached hydrogens (tertiary/aromatic N) is 4. The molecule has 2 aromatic rings. The number of thioether (sulfide) groups is 1. The van der Waals surface area contributed by atoms with E-state index in [4.69, 9.17) is 4.42 Å². The van der Waals surface area contributed by atoms with Crippen molar-refractivity contribution >= 4 is 11.8 Å². The number of hydrogen-bond acceptors (Lipinski definition) is 5. The van der Waals surface area contributed by atoms with Crippen LogP contribution in [0.25, 0.3) is 11.5 Å². The van der Waals surface area contributed by atoms with Gasteiger partial charge in [0.1, 0.15) is 18.0 Å². The molecule has 20 heavy (non-hydrogen) atoms. The second-order valence-electron chi connectivity index (χ2n) is 4.12. The molecule has 0 spiro atoms. The van der Waals surface area contributed by atoms with Gasteiger partial charge in [-0.2, -0.15) is 30.0 Å². The lowest BCUT2D eigenvalue weighted by Crippen LogP contribution is -2.19. The number of hydrogen-bond donors (Lipinski definition) is 0. The van der Waals surface area contributed by atoms with E-state index in [1.54, 1.807) is 18.7 Å². The normalized spacial score (nSPS) is 12.1. The Morgan fingerprint density at radius 1 is 1.40 bits per heavy atom. The van der Waals surface area contributed by atoms with E-state index in [2.05, 4.69) is 15.1 Å².